The predicted molar refractivity (Wildman–Crippen MR) is 232 cm³/mol. The lowest BCUT2D eigenvalue weighted by molar-refractivity contribution is -0.386. The Bertz CT molecular complexity index is 1860. The summed E-state index contributed by atoms with van der Waals surface area (Å²) in [4.78, 5) is 23.9. The van der Waals surface area contributed by atoms with Crippen molar-refractivity contribution in [3.63, 3.8) is 0 Å². The Kier molecular flexibility index (Phi) is 15.7. The van der Waals surface area contributed by atoms with Crippen LogP contribution >= 0.6 is 0 Å². The zero-order valence-electron chi connectivity index (χ0n) is 34.8. The molecular formula is C49H64N2O6. The maximum atomic E-state index is 12.5. The van der Waals surface area contributed by atoms with Crippen molar-refractivity contribution in [2.75, 3.05) is 0 Å². The third-order valence-corrected chi connectivity index (χ3v) is 12.1. The van der Waals surface area contributed by atoms with Gasteiger partial charge in [-0.3, -0.25) is 20.2 Å². The van der Waals surface area contributed by atoms with Crippen LogP contribution in [-0.4, -0.2) is 20.1 Å². The topological polar surface area (TPSA) is 127 Å². The van der Waals surface area contributed by atoms with E-state index in [1.165, 1.54) is 46.5 Å². The Morgan fingerprint density at radius 1 is 0.474 bits per heavy atom. The van der Waals surface area contributed by atoms with E-state index < -0.39 is 38.1 Å². The third kappa shape index (κ3) is 9.70. The monoisotopic (exact) mass is 776 g/mol. The van der Waals surface area contributed by atoms with E-state index in [0.29, 0.717) is 11.1 Å². The lowest BCUT2D eigenvalue weighted by Crippen LogP contribution is -2.29. The van der Waals surface area contributed by atoms with Crippen molar-refractivity contribution < 1.29 is 20.1 Å². The smallest absolute Gasteiger partial charge is 0.311 e. The Morgan fingerprint density at radius 3 is 1.16 bits per heavy atom. The number of phenols is 2. The molecule has 0 aliphatic heterocycles. The van der Waals surface area contributed by atoms with Crippen LogP contribution in [0.25, 0.3) is 11.1 Å². The average Bonchev–Trinajstić information content (AvgIpc) is 3.49. The first-order valence-corrected chi connectivity index (χ1v) is 21.9. The van der Waals surface area contributed by atoms with Crippen LogP contribution in [0.4, 0.5) is 11.4 Å². The van der Waals surface area contributed by atoms with E-state index in [1.54, 1.807) is 12.1 Å². The van der Waals surface area contributed by atoms with Gasteiger partial charge in [0, 0.05) is 12.1 Å². The van der Waals surface area contributed by atoms with Crippen molar-refractivity contribution in [3.8, 4) is 22.6 Å². The molecule has 0 saturated carbocycles. The number of nitrogens with zero attached hydrogens (tertiary/aromatic N) is 2. The first kappa shape index (κ1) is 43.4. The molecule has 0 radical (unpaired) electrons. The summed E-state index contributed by atoms with van der Waals surface area (Å²) in [6.07, 6.45) is 21.2. The number of rotatable bonds is 24. The summed E-state index contributed by atoms with van der Waals surface area (Å²) < 4.78 is 0. The van der Waals surface area contributed by atoms with Crippen LogP contribution in [0.1, 0.15) is 175 Å². The van der Waals surface area contributed by atoms with Gasteiger partial charge in [-0.25, -0.2) is 0 Å². The van der Waals surface area contributed by atoms with Crippen LogP contribution in [0.2, 0.25) is 0 Å². The Labute approximate surface area is 340 Å². The highest BCUT2D eigenvalue weighted by Gasteiger charge is 2.49. The molecule has 0 fully saturated rings. The van der Waals surface area contributed by atoms with Gasteiger partial charge in [0.25, 0.3) is 0 Å². The number of unbranched alkanes of at least 4 members (excludes halogenated alkanes) is 12. The van der Waals surface area contributed by atoms with Crippen LogP contribution in [0.5, 0.6) is 11.5 Å². The van der Waals surface area contributed by atoms with Gasteiger partial charge in [0.1, 0.15) is 0 Å². The fraction of sp³-hybridized carbons (Fsp3) is 0.510. The standard InChI is InChI=1S/C49H64N2O6/c1-5-9-13-17-21-35-29-37(23-19-15-11-7-3)47-41(31-35)49(39-25-27-45(52)43(33-39)50(54)55,40-26-28-46(53)44(34-40)51(56)57)42-32-36(22-18-14-10-6-2)30-38(48(42)47)24-20-16-12-8-4/h25-34,52-53H,5-24H2,1-4H3. The number of aromatic hydroxyl groups is 2. The summed E-state index contributed by atoms with van der Waals surface area (Å²) in [7, 11) is 0. The minimum atomic E-state index is -1.21. The molecule has 8 heteroatoms. The van der Waals surface area contributed by atoms with Crippen molar-refractivity contribution in [2.45, 2.75) is 162 Å². The first-order chi connectivity index (χ1) is 27.6. The summed E-state index contributed by atoms with van der Waals surface area (Å²) in [6.45, 7) is 8.86. The van der Waals surface area contributed by atoms with Gasteiger partial charge in [-0.15, -0.1) is 0 Å². The Morgan fingerprint density at radius 2 is 0.825 bits per heavy atom. The van der Waals surface area contributed by atoms with Crippen molar-refractivity contribution >= 4 is 11.4 Å². The lowest BCUT2D eigenvalue weighted by Gasteiger charge is -2.34. The fourth-order valence-electron chi connectivity index (χ4n) is 9.14. The summed E-state index contributed by atoms with van der Waals surface area (Å²) >= 11 is 0. The number of aryl methyl sites for hydroxylation is 4. The van der Waals surface area contributed by atoms with Crippen molar-refractivity contribution in [3.05, 3.63) is 125 Å². The van der Waals surface area contributed by atoms with Gasteiger partial charge in [-0.1, -0.05) is 141 Å². The maximum Gasteiger partial charge on any atom is 0.311 e. The second-order valence-corrected chi connectivity index (χ2v) is 16.3. The molecule has 57 heavy (non-hydrogen) atoms. The van der Waals surface area contributed by atoms with E-state index in [1.807, 2.05) is 0 Å². The second kappa shape index (κ2) is 20.6. The van der Waals surface area contributed by atoms with Gasteiger partial charge in [-0.05, 0) is 119 Å². The van der Waals surface area contributed by atoms with Crippen molar-refractivity contribution in [2.24, 2.45) is 0 Å². The Hall–Kier alpha value is -4.72. The second-order valence-electron chi connectivity index (χ2n) is 16.3. The minimum absolute atomic E-state index is 0.416. The number of nitro benzene ring substituents is 2. The average molecular weight is 777 g/mol. The molecule has 0 aromatic heterocycles. The van der Waals surface area contributed by atoms with Gasteiger partial charge >= 0.3 is 11.4 Å². The molecule has 0 unspecified atom stereocenters. The quantitative estimate of drug-likeness (QED) is 0.0365. The molecule has 0 bridgehead atoms. The van der Waals surface area contributed by atoms with E-state index in [9.17, 15) is 30.4 Å². The van der Waals surface area contributed by atoms with E-state index in [4.69, 9.17) is 0 Å². The van der Waals surface area contributed by atoms with Gasteiger partial charge in [0.05, 0.1) is 15.3 Å². The zero-order valence-corrected chi connectivity index (χ0v) is 34.8. The molecule has 0 heterocycles. The molecule has 0 atom stereocenters. The molecule has 0 amide bonds. The number of phenolic OH excluding ortho intramolecular Hbond substituents is 2. The van der Waals surface area contributed by atoms with Gasteiger partial charge in [0.2, 0.25) is 0 Å². The van der Waals surface area contributed by atoms with Crippen LogP contribution in [0, 0.1) is 20.2 Å². The van der Waals surface area contributed by atoms with Gasteiger partial charge < -0.3 is 10.2 Å². The lowest BCUT2D eigenvalue weighted by atomic mass is 9.66. The minimum Gasteiger partial charge on any atom is -0.502 e. The van der Waals surface area contributed by atoms with E-state index in [2.05, 4.69) is 52.0 Å². The molecule has 0 spiro atoms. The van der Waals surface area contributed by atoms with E-state index in [0.717, 1.165) is 151 Å². The molecule has 2 N–H and O–H groups in total. The molecule has 4 aromatic rings. The molecule has 4 aromatic carbocycles. The molecule has 8 nitrogen and oxygen atoms in total. The third-order valence-electron chi connectivity index (χ3n) is 12.1. The van der Waals surface area contributed by atoms with Crippen LogP contribution < -0.4 is 0 Å². The number of fused-ring (bicyclic) bond motifs is 3. The summed E-state index contributed by atoms with van der Waals surface area (Å²) in [5.74, 6) is -0.867. The zero-order chi connectivity index (χ0) is 41.0. The molecule has 1 aliphatic rings. The predicted octanol–water partition coefficient (Wildman–Crippen LogP) is 13.8. The summed E-state index contributed by atoms with van der Waals surface area (Å²) in [5.41, 5.74) is 8.17. The van der Waals surface area contributed by atoms with E-state index in [-0.39, 0.29) is 0 Å². The van der Waals surface area contributed by atoms with E-state index >= 15 is 0 Å². The number of hydrogen-bond acceptors (Lipinski definition) is 6. The van der Waals surface area contributed by atoms with Crippen LogP contribution in [-0.2, 0) is 31.1 Å². The Balaban J connectivity index is 1.95. The molecule has 0 saturated heterocycles. The first-order valence-electron chi connectivity index (χ1n) is 21.9. The highest BCUT2D eigenvalue weighted by molar-refractivity contribution is 5.91. The van der Waals surface area contributed by atoms with Gasteiger partial charge in [0.15, 0.2) is 11.5 Å². The van der Waals surface area contributed by atoms with Crippen molar-refractivity contribution in [1.82, 2.24) is 0 Å². The van der Waals surface area contributed by atoms with Crippen LogP contribution in [0.3, 0.4) is 0 Å². The SMILES string of the molecule is CCCCCCc1cc(CCCCCC)c2c(c1)C(c1ccc(O)c([N+](=O)[O-])c1)(c1ccc(O)c([N+](=O)[O-])c1)c1cc(CCCCCC)cc(CCCCCC)c1-2. The number of benzene rings is 4. The largest absolute Gasteiger partial charge is 0.502 e. The number of hydrogen-bond donors (Lipinski definition) is 2. The maximum absolute atomic E-state index is 12.5. The molecule has 306 valence electrons. The molecule has 5 rings (SSSR count). The summed E-state index contributed by atoms with van der Waals surface area (Å²) in [5, 5.41) is 46.7. The van der Waals surface area contributed by atoms with Crippen molar-refractivity contribution in [1.29, 1.82) is 0 Å². The summed E-state index contributed by atoms with van der Waals surface area (Å²) in [6, 6.07) is 18.6. The number of nitro groups is 2. The molecule has 1 aliphatic carbocycles. The van der Waals surface area contributed by atoms with Gasteiger partial charge in [-0.2, -0.15) is 0 Å². The molecular weight excluding hydrogens is 713 g/mol. The normalized spacial score (nSPS) is 12.8. The highest BCUT2D eigenvalue weighted by Crippen LogP contribution is 2.60. The van der Waals surface area contributed by atoms with Crippen LogP contribution in [0.15, 0.2) is 60.7 Å². The fourth-order valence-corrected chi connectivity index (χ4v) is 9.14. The highest BCUT2D eigenvalue weighted by atomic mass is 16.6.